The van der Waals surface area contributed by atoms with Crippen LogP contribution >= 0.6 is 0 Å². The van der Waals surface area contributed by atoms with Crippen LogP contribution in [0.2, 0.25) is 0 Å². The fourth-order valence-electron chi connectivity index (χ4n) is 2.55. The fraction of sp³-hybridized carbons (Fsp3) is 1.00. The van der Waals surface area contributed by atoms with Crippen molar-refractivity contribution in [2.75, 3.05) is 26.8 Å². The summed E-state index contributed by atoms with van der Waals surface area (Å²) in [6.45, 7) is 12.4. The maximum Gasteiger partial charge on any atom is 0.0462 e. The van der Waals surface area contributed by atoms with Crippen LogP contribution in [0.15, 0.2) is 0 Å². The van der Waals surface area contributed by atoms with Gasteiger partial charge in [0.2, 0.25) is 0 Å². The van der Waals surface area contributed by atoms with Crippen LogP contribution in [0.1, 0.15) is 66.2 Å². The van der Waals surface area contributed by atoms with Gasteiger partial charge in [0.1, 0.15) is 0 Å². The average molecular weight is 257 g/mol. The van der Waals surface area contributed by atoms with Crippen LogP contribution in [-0.2, 0) is 4.74 Å². The number of methoxy groups -OCH3 is 1. The molecule has 0 fully saturated rings. The van der Waals surface area contributed by atoms with Crippen molar-refractivity contribution in [3.8, 4) is 0 Å². The molecule has 0 rings (SSSR count). The lowest BCUT2D eigenvalue weighted by atomic mass is 9.76. The third kappa shape index (κ3) is 8.10. The zero-order valence-electron chi connectivity index (χ0n) is 13.3. The van der Waals surface area contributed by atoms with E-state index < -0.39 is 0 Å². The number of rotatable bonds is 12. The first-order chi connectivity index (χ1) is 8.60. The monoisotopic (exact) mass is 257 g/mol. The van der Waals surface area contributed by atoms with Gasteiger partial charge in [0.15, 0.2) is 0 Å². The van der Waals surface area contributed by atoms with E-state index in [-0.39, 0.29) is 0 Å². The third-order valence-corrected chi connectivity index (χ3v) is 3.92. The minimum Gasteiger partial charge on any atom is -0.385 e. The molecule has 0 aromatic rings. The Balaban J connectivity index is 4.24. The van der Waals surface area contributed by atoms with Crippen molar-refractivity contribution in [2.24, 2.45) is 11.3 Å². The summed E-state index contributed by atoms with van der Waals surface area (Å²) in [5.74, 6) is 0.740. The Morgan fingerprint density at radius 2 is 1.78 bits per heavy atom. The number of ether oxygens (including phenoxy) is 1. The van der Waals surface area contributed by atoms with Crippen LogP contribution in [0.5, 0.6) is 0 Å². The van der Waals surface area contributed by atoms with Crippen LogP contribution in [0.3, 0.4) is 0 Å². The van der Waals surface area contributed by atoms with Crippen LogP contribution in [0, 0.1) is 11.3 Å². The molecule has 0 aliphatic heterocycles. The second-order valence-corrected chi connectivity index (χ2v) is 6.08. The van der Waals surface area contributed by atoms with Gasteiger partial charge in [-0.1, -0.05) is 40.5 Å². The first kappa shape index (κ1) is 17.9. The molecule has 1 N–H and O–H groups in total. The SMILES string of the molecule is CCCCC(CC)(CCCOC)CNCC(C)C. The zero-order valence-corrected chi connectivity index (χ0v) is 13.3. The normalized spacial score (nSPS) is 15.0. The molecule has 0 bridgehead atoms. The largest absolute Gasteiger partial charge is 0.385 e. The van der Waals surface area contributed by atoms with E-state index in [1.54, 1.807) is 7.11 Å². The van der Waals surface area contributed by atoms with Crippen LogP contribution < -0.4 is 5.32 Å². The predicted molar refractivity (Wildman–Crippen MR) is 81.1 cm³/mol. The Labute approximate surface area is 115 Å². The number of hydrogen-bond donors (Lipinski definition) is 1. The zero-order chi connectivity index (χ0) is 13.9. The number of unbranched alkanes of at least 4 members (excludes halogenated alkanes) is 1. The topological polar surface area (TPSA) is 21.3 Å². The molecule has 0 radical (unpaired) electrons. The predicted octanol–water partition coefficient (Wildman–Crippen LogP) is 4.25. The highest BCUT2D eigenvalue weighted by Gasteiger charge is 2.26. The molecule has 2 heteroatoms. The molecule has 0 aromatic carbocycles. The van der Waals surface area contributed by atoms with E-state index in [9.17, 15) is 0 Å². The fourth-order valence-corrected chi connectivity index (χ4v) is 2.55. The van der Waals surface area contributed by atoms with Crippen molar-refractivity contribution in [2.45, 2.75) is 66.2 Å². The van der Waals surface area contributed by atoms with E-state index in [1.165, 1.54) is 45.1 Å². The molecule has 0 aliphatic rings. The minimum atomic E-state index is 0.490. The van der Waals surface area contributed by atoms with Gasteiger partial charge in [-0.2, -0.15) is 0 Å². The molecule has 0 heterocycles. The molecule has 1 unspecified atom stereocenters. The molecule has 0 saturated heterocycles. The Morgan fingerprint density at radius 1 is 1.11 bits per heavy atom. The Bertz CT molecular complexity index is 182. The van der Waals surface area contributed by atoms with Crippen molar-refractivity contribution in [3.63, 3.8) is 0 Å². The maximum absolute atomic E-state index is 5.21. The van der Waals surface area contributed by atoms with Crippen LogP contribution in [0.4, 0.5) is 0 Å². The Morgan fingerprint density at radius 3 is 2.28 bits per heavy atom. The molecule has 18 heavy (non-hydrogen) atoms. The van der Waals surface area contributed by atoms with Gasteiger partial charge in [-0.25, -0.2) is 0 Å². The van der Waals surface area contributed by atoms with E-state index in [2.05, 4.69) is 33.0 Å². The number of hydrogen-bond acceptors (Lipinski definition) is 2. The van der Waals surface area contributed by atoms with Gasteiger partial charge < -0.3 is 10.1 Å². The summed E-state index contributed by atoms with van der Waals surface area (Å²) in [5, 5.41) is 3.67. The van der Waals surface area contributed by atoms with Crippen molar-refractivity contribution >= 4 is 0 Å². The summed E-state index contributed by atoms with van der Waals surface area (Å²) in [4.78, 5) is 0. The molecule has 1 atom stereocenters. The van der Waals surface area contributed by atoms with Crippen LogP contribution in [-0.4, -0.2) is 26.8 Å². The first-order valence-corrected chi connectivity index (χ1v) is 7.80. The summed E-state index contributed by atoms with van der Waals surface area (Å²) in [6, 6.07) is 0. The standard InChI is InChI=1S/C16H35NO/c1-6-8-10-16(7-2,11-9-12-18-5)14-17-13-15(3)4/h15,17H,6-14H2,1-5H3. The molecular formula is C16H35NO. The van der Waals surface area contributed by atoms with Crippen LogP contribution in [0.25, 0.3) is 0 Å². The molecule has 0 saturated carbocycles. The molecular weight excluding hydrogens is 222 g/mol. The van der Waals surface area contributed by atoms with Gasteiger partial charge in [0.25, 0.3) is 0 Å². The van der Waals surface area contributed by atoms with Gasteiger partial charge in [0, 0.05) is 20.3 Å². The smallest absolute Gasteiger partial charge is 0.0462 e. The van der Waals surface area contributed by atoms with Crippen molar-refractivity contribution in [1.29, 1.82) is 0 Å². The van der Waals surface area contributed by atoms with Crippen molar-refractivity contribution < 1.29 is 4.74 Å². The van der Waals surface area contributed by atoms with Crippen molar-refractivity contribution in [3.05, 3.63) is 0 Å². The van der Waals surface area contributed by atoms with E-state index in [0.717, 1.165) is 19.1 Å². The van der Waals surface area contributed by atoms with Gasteiger partial charge in [-0.05, 0) is 43.6 Å². The quantitative estimate of drug-likeness (QED) is 0.528. The van der Waals surface area contributed by atoms with Gasteiger partial charge in [-0.15, -0.1) is 0 Å². The van der Waals surface area contributed by atoms with Gasteiger partial charge in [-0.3, -0.25) is 0 Å². The highest BCUT2D eigenvalue weighted by molar-refractivity contribution is 4.80. The summed E-state index contributed by atoms with van der Waals surface area (Å²) in [6.07, 6.45) is 7.77. The molecule has 0 aliphatic carbocycles. The summed E-state index contributed by atoms with van der Waals surface area (Å²) in [7, 11) is 1.80. The second kappa shape index (κ2) is 10.8. The minimum absolute atomic E-state index is 0.490. The molecule has 2 nitrogen and oxygen atoms in total. The molecule has 0 spiro atoms. The van der Waals surface area contributed by atoms with Gasteiger partial charge >= 0.3 is 0 Å². The van der Waals surface area contributed by atoms with Crippen molar-refractivity contribution in [1.82, 2.24) is 5.32 Å². The van der Waals surface area contributed by atoms with E-state index in [0.29, 0.717) is 5.41 Å². The second-order valence-electron chi connectivity index (χ2n) is 6.08. The van der Waals surface area contributed by atoms with E-state index >= 15 is 0 Å². The van der Waals surface area contributed by atoms with E-state index in [1.807, 2.05) is 0 Å². The summed E-state index contributed by atoms with van der Waals surface area (Å²) in [5.41, 5.74) is 0.490. The first-order valence-electron chi connectivity index (χ1n) is 7.80. The maximum atomic E-state index is 5.21. The lowest BCUT2D eigenvalue weighted by molar-refractivity contribution is 0.150. The molecule has 110 valence electrons. The average Bonchev–Trinajstić information content (AvgIpc) is 2.35. The highest BCUT2D eigenvalue weighted by Crippen LogP contribution is 2.33. The lowest BCUT2D eigenvalue weighted by Gasteiger charge is -2.34. The lowest BCUT2D eigenvalue weighted by Crippen LogP contribution is -2.36. The molecule has 0 aromatic heterocycles. The molecule has 0 amide bonds. The Kier molecular flexibility index (Phi) is 10.8. The van der Waals surface area contributed by atoms with E-state index in [4.69, 9.17) is 4.74 Å². The highest BCUT2D eigenvalue weighted by atomic mass is 16.5. The Hall–Kier alpha value is -0.0800. The van der Waals surface area contributed by atoms with Gasteiger partial charge in [0.05, 0.1) is 0 Å². The number of nitrogens with one attached hydrogen (secondary N) is 1. The summed E-state index contributed by atoms with van der Waals surface area (Å²) < 4.78 is 5.21. The third-order valence-electron chi connectivity index (χ3n) is 3.92. The summed E-state index contributed by atoms with van der Waals surface area (Å²) >= 11 is 0.